The Hall–Kier alpha value is -1.88. The Bertz CT molecular complexity index is 727. The van der Waals surface area contributed by atoms with Gasteiger partial charge < -0.3 is 9.88 Å². The van der Waals surface area contributed by atoms with Gasteiger partial charge in [-0.05, 0) is 30.4 Å². The van der Waals surface area contributed by atoms with Gasteiger partial charge in [0.25, 0.3) is 0 Å². The fourth-order valence-electron chi connectivity index (χ4n) is 3.24. The van der Waals surface area contributed by atoms with Crippen molar-refractivity contribution >= 4 is 17.5 Å². The molecule has 2 aliphatic rings. The molecule has 1 aliphatic heterocycles. The van der Waals surface area contributed by atoms with Crippen LogP contribution in [0.2, 0.25) is 5.02 Å². The summed E-state index contributed by atoms with van der Waals surface area (Å²) in [4.78, 5) is 12.3. The number of hydrogen-bond acceptors (Lipinski definition) is 3. The van der Waals surface area contributed by atoms with Crippen molar-refractivity contribution in [3.8, 4) is 0 Å². The number of benzene rings is 1. The zero-order valence-electron chi connectivity index (χ0n) is 12.1. The summed E-state index contributed by atoms with van der Waals surface area (Å²) in [5.74, 6) is 2.25. The molecule has 22 heavy (non-hydrogen) atoms. The van der Waals surface area contributed by atoms with Gasteiger partial charge in [0.15, 0.2) is 5.82 Å². The third kappa shape index (κ3) is 2.39. The third-order valence-corrected chi connectivity index (χ3v) is 4.88. The maximum Gasteiger partial charge on any atom is 0.224 e. The minimum Gasteiger partial charge on any atom is -0.349 e. The second-order valence-electron chi connectivity index (χ2n) is 5.98. The summed E-state index contributed by atoms with van der Waals surface area (Å²) in [6.45, 7) is 1.41. The average molecular weight is 317 g/mol. The fraction of sp³-hybridized carbons (Fsp3) is 0.438. The number of halogens is 1. The number of nitrogens with zero attached hydrogens (tertiary/aromatic N) is 3. The van der Waals surface area contributed by atoms with Crippen LogP contribution in [0.15, 0.2) is 24.3 Å². The lowest BCUT2D eigenvalue weighted by atomic mass is 10.1. The number of hydrogen-bond donors (Lipinski definition) is 1. The molecule has 114 valence electrons. The third-order valence-electron chi connectivity index (χ3n) is 4.54. The van der Waals surface area contributed by atoms with E-state index in [1.807, 2.05) is 24.3 Å². The first-order valence-corrected chi connectivity index (χ1v) is 8.05. The Morgan fingerprint density at radius 2 is 2.23 bits per heavy atom. The highest BCUT2D eigenvalue weighted by Crippen LogP contribution is 2.49. The van der Waals surface area contributed by atoms with Crippen molar-refractivity contribution in [2.24, 2.45) is 5.92 Å². The quantitative estimate of drug-likeness (QED) is 0.941. The van der Waals surface area contributed by atoms with Crippen LogP contribution >= 0.6 is 11.6 Å². The Labute approximate surface area is 133 Å². The summed E-state index contributed by atoms with van der Waals surface area (Å²) in [5.41, 5.74) is 1.08. The van der Waals surface area contributed by atoms with Crippen LogP contribution in [-0.4, -0.2) is 20.7 Å². The summed E-state index contributed by atoms with van der Waals surface area (Å²) in [6, 6.07) is 7.76. The number of carbonyl (C=O) groups is 1. The van der Waals surface area contributed by atoms with E-state index >= 15 is 0 Å². The fourth-order valence-corrected chi connectivity index (χ4v) is 3.52. The average Bonchev–Trinajstić information content (AvgIpc) is 3.00. The molecule has 1 fully saturated rings. The highest BCUT2D eigenvalue weighted by molar-refractivity contribution is 6.31. The van der Waals surface area contributed by atoms with Gasteiger partial charge in [-0.2, -0.15) is 0 Å². The van der Waals surface area contributed by atoms with E-state index in [0.29, 0.717) is 6.54 Å². The number of nitrogens with one attached hydrogen (secondary N) is 1. The van der Waals surface area contributed by atoms with Gasteiger partial charge in [0.2, 0.25) is 5.91 Å². The molecule has 0 bridgehead atoms. The molecule has 2 heterocycles. The first-order chi connectivity index (χ1) is 10.7. The molecule has 0 spiro atoms. The molecule has 0 saturated heterocycles. The standard InChI is InChI=1S/C16H17ClN4O/c17-13-5-2-1-4-10(13)11-8-12(11)16(22)18-9-15-20-19-14-6-3-7-21(14)15/h1-2,4-5,11-12H,3,6-9H2,(H,18,22)/t11-,12-/m0/s1. The normalized spacial score (nSPS) is 22.4. The Morgan fingerprint density at radius 3 is 3.09 bits per heavy atom. The maximum absolute atomic E-state index is 12.3. The highest BCUT2D eigenvalue weighted by Gasteiger charge is 2.44. The lowest BCUT2D eigenvalue weighted by Gasteiger charge is -2.06. The predicted molar refractivity (Wildman–Crippen MR) is 82.5 cm³/mol. The van der Waals surface area contributed by atoms with E-state index in [0.717, 1.165) is 48.0 Å². The van der Waals surface area contributed by atoms with Crippen LogP contribution in [0.25, 0.3) is 0 Å². The topological polar surface area (TPSA) is 59.8 Å². The van der Waals surface area contributed by atoms with Gasteiger partial charge in [-0.15, -0.1) is 10.2 Å². The van der Waals surface area contributed by atoms with Crippen molar-refractivity contribution in [2.75, 3.05) is 0 Å². The van der Waals surface area contributed by atoms with E-state index in [4.69, 9.17) is 11.6 Å². The van der Waals surface area contributed by atoms with E-state index < -0.39 is 0 Å². The molecule has 1 aromatic heterocycles. The van der Waals surface area contributed by atoms with Gasteiger partial charge in [-0.25, -0.2) is 0 Å². The summed E-state index contributed by atoms with van der Waals surface area (Å²) in [7, 11) is 0. The molecule has 1 amide bonds. The molecule has 4 rings (SSSR count). The first-order valence-electron chi connectivity index (χ1n) is 7.67. The molecular weight excluding hydrogens is 300 g/mol. The summed E-state index contributed by atoms with van der Waals surface area (Å²) >= 11 is 6.20. The SMILES string of the molecule is O=C(NCc1nnc2n1CCC2)[C@H]1C[C@H]1c1ccccc1Cl. The van der Waals surface area contributed by atoms with Crippen LogP contribution < -0.4 is 5.32 Å². The van der Waals surface area contributed by atoms with Gasteiger partial charge in [0.05, 0.1) is 6.54 Å². The Morgan fingerprint density at radius 1 is 1.36 bits per heavy atom. The molecule has 6 heteroatoms. The predicted octanol–water partition coefficient (Wildman–Crippen LogP) is 2.30. The highest BCUT2D eigenvalue weighted by atomic mass is 35.5. The Kier molecular flexibility index (Phi) is 3.37. The number of rotatable bonds is 4. The van der Waals surface area contributed by atoms with Crippen molar-refractivity contribution in [3.63, 3.8) is 0 Å². The van der Waals surface area contributed by atoms with Gasteiger partial charge in [-0.3, -0.25) is 4.79 Å². The van der Waals surface area contributed by atoms with Crippen LogP contribution in [0, 0.1) is 5.92 Å². The number of aromatic nitrogens is 3. The van der Waals surface area contributed by atoms with Gasteiger partial charge in [-0.1, -0.05) is 29.8 Å². The number of aryl methyl sites for hydroxylation is 1. The van der Waals surface area contributed by atoms with Gasteiger partial charge >= 0.3 is 0 Å². The smallest absolute Gasteiger partial charge is 0.224 e. The minimum atomic E-state index is 0.0286. The van der Waals surface area contributed by atoms with Crippen LogP contribution in [0.3, 0.4) is 0 Å². The molecule has 1 saturated carbocycles. The lowest BCUT2D eigenvalue weighted by Crippen LogP contribution is -2.26. The summed E-state index contributed by atoms with van der Waals surface area (Å²) in [5, 5.41) is 12.1. The van der Waals surface area contributed by atoms with E-state index in [1.165, 1.54) is 0 Å². The number of amides is 1. The molecule has 1 aromatic carbocycles. The van der Waals surface area contributed by atoms with Crippen molar-refractivity contribution in [1.82, 2.24) is 20.1 Å². The lowest BCUT2D eigenvalue weighted by molar-refractivity contribution is -0.122. The maximum atomic E-state index is 12.3. The summed E-state index contributed by atoms with van der Waals surface area (Å²) in [6.07, 6.45) is 2.97. The monoisotopic (exact) mass is 316 g/mol. The van der Waals surface area contributed by atoms with Gasteiger partial charge in [0.1, 0.15) is 5.82 Å². The first kappa shape index (κ1) is 13.8. The number of carbonyl (C=O) groups excluding carboxylic acids is 1. The van der Waals surface area contributed by atoms with E-state index in [-0.39, 0.29) is 17.7 Å². The van der Waals surface area contributed by atoms with E-state index in [1.54, 1.807) is 0 Å². The molecule has 0 unspecified atom stereocenters. The molecule has 1 aliphatic carbocycles. The number of fused-ring (bicyclic) bond motifs is 1. The summed E-state index contributed by atoms with van der Waals surface area (Å²) < 4.78 is 2.11. The van der Waals surface area contributed by atoms with Gasteiger partial charge in [0, 0.05) is 23.9 Å². The molecular formula is C16H17ClN4O. The zero-order valence-corrected chi connectivity index (χ0v) is 12.9. The van der Waals surface area contributed by atoms with E-state index in [9.17, 15) is 4.79 Å². The van der Waals surface area contributed by atoms with E-state index in [2.05, 4.69) is 20.1 Å². The zero-order chi connectivity index (χ0) is 15.1. The molecule has 5 nitrogen and oxygen atoms in total. The molecule has 2 aromatic rings. The molecule has 2 atom stereocenters. The van der Waals surface area contributed by atoms with Crippen molar-refractivity contribution in [1.29, 1.82) is 0 Å². The van der Waals surface area contributed by atoms with Crippen LogP contribution in [-0.2, 0) is 24.3 Å². The second kappa shape index (κ2) is 5.39. The Balaban J connectivity index is 1.37. The van der Waals surface area contributed by atoms with Crippen molar-refractivity contribution < 1.29 is 4.79 Å². The second-order valence-corrected chi connectivity index (χ2v) is 6.38. The van der Waals surface area contributed by atoms with Crippen LogP contribution in [0.5, 0.6) is 0 Å². The minimum absolute atomic E-state index is 0.0286. The largest absolute Gasteiger partial charge is 0.349 e. The van der Waals surface area contributed by atoms with Crippen LogP contribution in [0.1, 0.15) is 36.0 Å². The van der Waals surface area contributed by atoms with Crippen molar-refractivity contribution in [2.45, 2.75) is 38.3 Å². The van der Waals surface area contributed by atoms with Crippen LogP contribution in [0.4, 0.5) is 0 Å². The van der Waals surface area contributed by atoms with Crippen molar-refractivity contribution in [3.05, 3.63) is 46.5 Å². The molecule has 0 radical (unpaired) electrons. The molecule has 1 N–H and O–H groups in total.